The van der Waals surface area contributed by atoms with E-state index in [1.807, 2.05) is 13.0 Å². The second-order valence-electron chi connectivity index (χ2n) is 5.80. The number of hydrogen-bond donors (Lipinski definition) is 0. The zero-order valence-electron chi connectivity index (χ0n) is 13.3. The Kier molecular flexibility index (Phi) is 4.41. The van der Waals surface area contributed by atoms with Crippen molar-refractivity contribution in [3.8, 4) is 0 Å². The second kappa shape index (κ2) is 6.34. The van der Waals surface area contributed by atoms with E-state index in [4.69, 9.17) is 4.74 Å². The van der Waals surface area contributed by atoms with Crippen LogP contribution in [0.15, 0.2) is 34.5 Å². The number of aliphatic imine (C=N–C) groups is 1. The van der Waals surface area contributed by atoms with Crippen molar-refractivity contribution >= 4 is 29.6 Å². The molecule has 0 aromatic carbocycles. The number of carbonyl (C=O) groups excluding carboxylic acids is 2. The monoisotopic (exact) mass is 329 g/mol. The van der Waals surface area contributed by atoms with Crippen LogP contribution in [0.4, 0.5) is 0 Å². The van der Waals surface area contributed by atoms with Crippen molar-refractivity contribution in [3.63, 3.8) is 0 Å². The molecule has 0 spiro atoms. The van der Waals surface area contributed by atoms with Crippen molar-refractivity contribution < 1.29 is 14.3 Å². The minimum absolute atomic E-state index is 0.00494. The number of hydrogen-bond acceptors (Lipinski definition) is 5. The summed E-state index contributed by atoms with van der Waals surface area (Å²) in [5, 5.41) is 0. The van der Waals surface area contributed by atoms with Gasteiger partial charge in [0.1, 0.15) is 0 Å². The summed E-state index contributed by atoms with van der Waals surface area (Å²) < 4.78 is 5.86. The second-order valence-corrected chi connectivity index (χ2v) is 6.88. The summed E-state index contributed by atoms with van der Waals surface area (Å²) in [5.41, 5.74) is 1.38. The van der Waals surface area contributed by atoms with E-state index in [1.165, 1.54) is 17.5 Å². The van der Waals surface area contributed by atoms with Gasteiger partial charge in [-0.3, -0.25) is 14.6 Å². The van der Waals surface area contributed by atoms with Crippen molar-refractivity contribution in [2.45, 2.75) is 32.8 Å². The van der Waals surface area contributed by atoms with Crippen LogP contribution in [0.25, 0.3) is 0 Å². The van der Waals surface area contributed by atoms with Crippen LogP contribution in [0.1, 0.15) is 57.7 Å². The molecule has 1 atom stereocenters. The SMILES string of the molecule is C=N/C=C\C1=C(C)C(=O)c2cc(C(OCC)C3CC3)sc2C1=O. The fraction of sp³-hybridized carbons (Fsp3) is 0.389. The number of allylic oxidation sites excluding steroid dienone is 3. The Morgan fingerprint density at radius 1 is 1.43 bits per heavy atom. The molecule has 120 valence electrons. The van der Waals surface area contributed by atoms with Gasteiger partial charge in [0.05, 0.1) is 11.0 Å². The average molecular weight is 329 g/mol. The maximum absolute atomic E-state index is 12.7. The van der Waals surface area contributed by atoms with Crippen LogP contribution in [-0.2, 0) is 4.74 Å². The van der Waals surface area contributed by atoms with E-state index >= 15 is 0 Å². The third-order valence-electron chi connectivity index (χ3n) is 4.21. The predicted molar refractivity (Wildman–Crippen MR) is 91.5 cm³/mol. The summed E-state index contributed by atoms with van der Waals surface area (Å²) in [4.78, 5) is 30.4. The first-order chi connectivity index (χ1) is 11.1. The van der Waals surface area contributed by atoms with Crippen LogP contribution >= 0.6 is 11.3 Å². The molecule has 0 N–H and O–H groups in total. The van der Waals surface area contributed by atoms with Gasteiger partial charge in [-0.2, -0.15) is 0 Å². The van der Waals surface area contributed by atoms with E-state index in [-0.39, 0.29) is 17.7 Å². The highest BCUT2D eigenvalue weighted by Gasteiger charge is 2.37. The number of rotatable bonds is 6. The van der Waals surface area contributed by atoms with Gasteiger partial charge in [0.2, 0.25) is 5.78 Å². The first-order valence-electron chi connectivity index (χ1n) is 7.76. The van der Waals surface area contributed by atoms with Gasteiger partial charge in [-0.25, -0.2) is 0 Å². The summed E-state index contributed by atoms with van der Waals surface area (Å²) in [5.74, 6) is 0.315. The van der Waals surface area contributed by atoms with E-state index in [2.05, 4.69) is 11.7 Å². The van der Waals surface area contributed by atoms with Gasteiger partial charge >= 0.3 is 0 Å². The Labute approximate surface area is 139 Å². The van der Waals surface area contributed by atoms with Crippen molar-refractivity contribution in [1.29, 1.82) is 0 Å². The maximum atomic E-state index is 12.7. The molecule has 2 aliphatic carbocycles. The van der Waals surface area contributed by atoms with Crippen molar-refractivity contribution in [2.24, 2.45) is 10.9 Å². The van der Waals surface area contributed by atoms with Crippen LogP contribution in [0.2, 0.25) is 0 Å². The smallest absolute Gasteiger partial charge is 0.204 e. The zero-order valence-corrected chi connectivity index (χ0v) is 14.1. The molecule has 0 radical (unpaired) electrons. The zero-order chi connectivity index (χ0) is 16.6. The molecule has 2 aliphatic rings. The number of thiophene rings is 1. The summed E-state index contributed by atoms with van der Waals surface area (Å²) >= 11 is 1.39. The Morgan fingerprint density at radius 3 is 2.78 bits per heavy atom. The minimum atomic E-state index is -0.112. The largest absolute Gasteiger partial charge is 0.373 e. The molecule has 23 heavy (non-hydrogen) atoms. The molecule has 1 heterocycles. The summed E-state index contributed by atoms with van der Waals surface area (Å²) in [6.07, 6.45) is 5.30. The Bertz CT molecular complexity index is 737. The normalized spacial score (nSPS) is 19.4. The molecule has 1 saturated carbocycles. The van der Waals surface area contributed by atoms with Gasteiger partial charge in [-0.1, -0.05) is 0 Å². The topological polar surface area (TPSA) is 55.7 Å². The fourth-order valence-electron chi connectivity index (χ4n) is 2.86. The molecule has 1 unspecified atom stereocenters. The van der Waals surface area contributed by atoms with Crippen LogP contribution < -0.4 is 0 Å². The summed E-state index contributed by atoms with van der Waals surface area (Å²) in [7, 11) is 0. The highest BCUT2D eigenvalue weighted by atomic mass is 32.1. The molecule has 0 saturated heterocycles. The molecule has 1 aromatic heterocycles. The van der Waals surface area contributed by atoms with Gasteiger partial charge in [0.25, 0.3) is 0 Å². The van der Waals surface area contributed by atoms with Gasteiger partial charge in [-0.15, -0.1) is 11.3 Å². The number of fused-ring (bicyclic) bond motifs is 1. The number of nitrogens with zero attached hydrogens (tertiary/aromatic N) is 1. The lowest BCUT2D eigenvalue weighted by Crippen LogP contribution is -2.17. The van der Waals surface area contributed by atoms with Crippen molar-refractivity contribution in [2.75, 3.05) is 6.61 Å². The fourth-order valence-corrected chi connectivity index (χ4v) is 4.11. The maximum Gasteiger partial charge on any atom is 0.204 e. The average Bonchev–Trinajstić information content (AvgIpc) is 3.28. The first kappa shape index (κ1) is 16.0. The lowest BCUT2D eigenvalue weighted by Gasteiger charge is -2.14. The standard InChI is InChI=1S/C18H19NO3S/c1-4-22-17(11-5-6-11)14-9-13-15(20)10(2)12(7-8-19-3)16(21)18(13)23-14/h7-9,11,17H,3-6H2,1-2H3/b8-7-. The quantitative estimate of drug-likeness (QED) is 0.737. The van der Waals surface area contributed by atoms with E-state index in [0.717, 1.165) is 17.7 Å². The summed E-state index contributed by atoms with van der Waals surface area (Å²) in [6.45, 7) is 7.64. The van der Waals surface area contributed by atoms with Crippen molar-refractivity contribution in [3.05, 3.63) is 44.8 Å². The third kappa shape index (κ3) is 2.86. The number of ketones is 2. The van der Waals surface area contributed by atoms with E-state index < -0.39 is 0 Å². The molecule has 4 nitrogen and oxygen atoms in total. The van der Waals surface area contributed by atoms with Crippen LogP contribution in [0.5, 0.6) is 0 Å². The first-order valence-corrected chi connectivity index (χ1v) is 8.58. The lowest BCUT2D eigenvalue weighted by molar-refractivity contribution is 0.0489. The van der Waals surface area contributed by atoms with Gasteiger partial charge in [0, 0.05) is 34.4 Å². The molecular formula is C18H19NO3S. The Balaban J connectivity index is 2.00. The molecule has 5 heteroatoms. The third-order valence-corrected chi connectivity index (χ3v) is 5.41. The number of ether oxygens (including phenoxy) is 1. The van der Waals surface area contributed by atoms with E-state index in [9.17, 15) is 9.59 Å². The summed E-state index contributed by atoms with van der Waals surface area (Å²) in [6, 6.07) is 1.86. The van der Waals surface area contributed by atoms with Crippen LogP contribution in [0.3, 0.4) is 0 Å². The molecule has 3 rings (SSSR count). The highest BCUT2D eigenvalue weighted by Crippen LogP contribution is 2.47. The molecule has 0 amide bonds. The molecular weight excluding hydrogens is 310 g/mol. The minimum Gasteiger partial charge on any atom is -0.373 e. The molecule has 0 aliphatic heterocycles. The van der Waals surface area contributed by atoms with E-state index in [1.54, 1.807) is 13.0 Å². The number of carbonyl (C=O) groups is 2. The highest BCUT2D eigenvalue weighted by molar-refractivity contribution is 7.14. The molecule has 1 fully saturated rings. The van der Waals surface area contributed by atoms with Gasteiger partial charge in [0.15, 0.2) is 5.78 Å². The number of Topliss-reactive ketones (excluding diaryl/α,β-unsaturated/α-hetero) is 2. The van der Waals surface area contributed by atoms with Gasteiger partial charge < -0.3 is 4.74 Å². The van der Waals surface area contributed by atoms with E-state index in [0.29, 0.717) is 34.1 Å². The van der Waals surface area contributed by atoms with Crippen LogP contribution in [-0.4, -0.2) is 24.9 Å². The molecule has 0 bridgehead atoms. The van der Waals surface area contributed by atoms with Gasteiger partial charge in [-0.05, 0) is 51.5 Å². The molecule has 1 aromatic rings. The van der Waals surface area contributed by atoms with Crippen LogP contribution in [0, 0.1) is 5.92 Å². The lowest BCUT2D eigenvalue weighted by atomic mass is 9.89. The predicted octanol–water partition coefficient (Wildman–Crippen LogP) is 4.15. The Morgan fingerprint density at radius 2 is 2.17 bits per heavy atom. The van der Waals surface area contributed by atoms with Crippen molar-refractivity contribution in [1.82, 2.24) is 0 Å². The Hall–Kier alpha value is -1.85.